The number of methoxy groups -OCH3 is 3. The summed E-state index contributed by atoms with van der Waals surface area (Å²) in [5.74, 6) is 0.0151. The summed E-state index contributed by atoms with van der Waals surface area (Å²) < 4.78 is 46.8. The Labute approximate surface area is 177 Å². The quantitative estimate of drug-likeness (QED) is 0.351. The van der Waals surface area contributed by atoms with Crippen molar-refractivity contribution in [2.24, 2.45) is 0 Å². The second-order valence-electron chi connectivity index (χ2n) is 6.88. The van der Waals surface area contributed by atoms with Gasteiger partial charge >= 0.3 is 16.1 Å². The predicted molar refractivity (Wildman–Crippen MR) is 114 cm³/mol. The Balaban J connectivity index is 2.57. The molecule has 0 saturated carbocycles. The topological polar surface area (TPSA) is 88.1 Å². The molecule has 0 aliphatic heterocycles. The molecule has 0 aliphatic rings. The zero-order valence-electron chi connectivity index (χ0n) is 17.9. The van der Waals surface area contributed by atoms with Crippen LogP contribution >= 0.6 is 0 Å². The van der Waals surface area contributed by atoms with Crippen LogP contribution in [-0.2, 0) is 19.6 Å². The maximum Gasteiger partial charge on any atom is 0.343 e. The lowest BCUT2D eigenvalue weighted by molar-refractivity contribution is -0.134. The van der Waals surface area contributed by atoms with Crippen molar-refractivity contribution in [1.82, 2.24) is 0 Å². The fourth-order valence-electron chi connectivity index (χ4n) is 2.79. The van der Waals surface area contributed by atoms with Crippen LogP contribution in [0.3, 0.4) is 0 Å². The molecule has 0 fully saturated rings. The van der Waals surface area contributed by atoms with Gasteiger partial charge < -0.3 is 18.4 Å². The van der Waals surface area contributed by atoms with Crippen molar-refractivity contribution in [3.8, 4) is 17.2 Å². The standard InChI is InChI=1S/C22H26O7S/c1-14(2)17-9-15(3)10-18(13-17)29-30(24,25)20-12-16(7-8-21(23)27-5)11-19(26-4)22(20)28-6/h7-14H,1-6H3/b8-7+. The molecular formula is C22H26O7S. The molecule has 0 bridgehead atoms. The van der Waals surface area contributed by atoms with Crippen LogP contribution in [0.1, 0.15) is 36.5 Å². The lowest BCUT2D eigenvalue weighted by Gasteiger charge is -2.16. The minimum Gasteiger partial charge on any atom is -0.493 e. The van der Waals surface area contributed by atoms with E-state index in [0.717, 1.165) is 11.1 Å². The molecule has 2 aromatic carbocycles. The zero-order chi connectivity index (χ0) is 22.5. The third-order valence-electron chi connectivity index (χ3n) is 4.30. The first kappa shape index (κ1) is 23.3. The summed E-state index contributed by atoms with van der Waals surface area (Å²) in [4.78, 5) is 11.2. The van der Waals surface area contributed by atoms with Crippen LogP contribution in [0.2, 0.25) is 0 Å². The Bertz CT molecular complexity index is 1050. The normalized spacial score (nSPS) is 11.6. The van der Waals surface area contributed by atoms with Gasteiger partial charge in [0.05, 0.1) is 21.3 Å². The predicted octanol–water partition coefficient (Wildman–Crippen LogP) is 4.09. The number of carbonyl (C=O) groups excluding carboxylic acids is 1. The first-order chi connectivity index (χ1) is 14.1. The van der Waals surface area contributed by atoms with E-state index in [1.807, 2.05) is 26.8 Å². The molecule has 7 nitrogen and oxygen atoms in total. The van der Waals surface area contributed by atoms with Crippen LogP contribution in [0.25, 0.3) is 6.08 Å². The average Bonchev–Trinajstić information content (AvgIpc) is 2.70. The molecule has 0 spiro atoms. The Morgan fingerprint density at radius 2 is 1.70 bits per heavy atom. The highest BCUT2D eigenvalue weighted by Gasteiger charge is 2.26. The Hall–Kier alpha value is -3.00. The number of hydrogen-bond acceptors (Lipinski definition) is 7. The van der Waals surface area contributed by atoms with Crippen molar-refractivity contribution >= 4 is 22.2 Å². The zero-order valence-corrected chi connectivity index (χ0v) is 18.7. The maximum absolute atomic E-state index is 13.1. The van der Waals surface area contributed by atoms with Crippen LogP contribution < -0.4 is 13.7 Å². The van der Waals surface area contributed by atoms with E-state index >= 15 is 0 Å². The number of esters is 1. The molecule has 0 aromatic heterocycles. The van der Waals surface area contributed by atoms with Crippen LogP contribution in [-0.4, -0.2) is 35.7 Å². The highest BCUT2D eigenvalue weighted by molar-refractivity contribution is 7.87. The third kappa shape index (κ3) is 5.54. The summed E-state index contributed by atoms with van der Waals surface area (Å²) in [7, 11) is -0.296. The van der Waals surface area contributed by atoms with Gasteiger partial charge in [-0.25, -0.2) is 4.79 Å². The van der Waals surface area contributed by atoms with E-state index < -0.39 is 16.1 Å². The number of rotatable bonds is 8. The van der Waals surface area contributed by atoms with Gasteiger partial charge in [-0.3, -0.25) is 0 Å². The molecule has 0 N–H and O–H groups in total. The van der Waals surface area contributed by atoms with E-state index in [0.29, 0.717) is 5.56 Å². The summed E-state index contributed by atoms with van der Waals surface area (Å²) in [5, 5.41) is 0. The summed E-state index contributed by atoms with van der Waals surface area (Å²) in [6.45, 7) is 5.89. The third-order valence-corrected chi connectivity index (χ3v) is 5.55. The molecule has 0 heterocycles. The number of ether oxygens (including phenoxy) is 3. The molecule has 2 aromatic rings. The van der Waals surface area contributed by atoms with E-state index in [-0.39, 0.29) is 28.1 Å². The fourth-order valence-corrected chi connectivity index (χ4v) is 3.92. The summed E-state index contributed by atoms with van der Waals surface area (Å²) in [6.07, 6.45) is 2.59. The van der Waals surface area contributed by atoms with Gasteiger partial charge in [0.15, 0.2) is 16.4 Å². The van der Waals surface area contributed by atoms with Gasteiger partial charge in [0.25, 0.3) is 0 Å². The highest BCUT2D eigenvalue weighted by atomic mass is 32.2. The van der Waals surface area contributed by atoms with E-state index in [2.05, 4.69) is 4.74 Å². The molecule has 0 atom stereocenters. The van der Waals surface area contributed by atoms with E-state index in [9.17, 15) is 13.2 Å². The molecule has 8 heteroatoms. The van der Waals surface area contributed by atoms with Crippen LogP contribution in [0.4, 0.5) is 0 Å². The Morgan fingerprint density at radius 3 is 2.27 bits per heavy atom. The molecular weight excluding hydrogens is 408 g/mol. The maximum atomic E-state index is 13.1. The number of benzene rings is 2. The summed E-state index contributed by atoms with van der Waals surface area (Å²) >= 11 is 0. The van der Waals surface area contributed by atoms with Crippen molar-refractivity contribution in [2.45, 2.75) is 31.6 Å². The van der Waals surface area contributed by atoms with Crippen LogP contribution in [0.5, 0.6) is 17.2 Å². The second-order valence-corrected chi connectivity index (χ2v) is 8.40. The fraction of sp³-hybridized carbons (Fsp3) is 0.318. The number of carbonyl (C=O) groups is 1. The minimum absolute atomic E-state index is 0.00412. The van der Waals surface area contributed by atoms with Crippen LogP contribution in [0.15, 0.2) is 41.3 Å². The Morgan fingerprint density at radius 1 is 1.00 bits per heavy atom. The number of hydrogen-bond donors (Lipinski definition) is 0. The van der Waals surface area contributed by atoms with E-state index in [1.165, 1.54) is 39.5 Å². The highest BCUT2D eigenvalue weighted by Crippen LogP contribution is 2.37. The van der Waals surface area contributed by atoms with Crippen molar-refractivity contribution in [1.29, 1.82) is 0 Å². The molecule has 0 aliphatic carbocycles. The molecule has 30 heavy (non-hydrogen) atoms. The molecule has 0 amide bonds. The molecule has 0 radical (unpaired) electrons. The molecule has 0 unspecified atom stereocenters. The summed E-state index contributed by atoms with van der Waals surface area (Å²) in [5.41, 5.74) is 2.23. The van der Waals surface area contributed by atoms with Gasteiger partial charge in [-0.15, -0.1) is 0 Å². The Kier molecular flexibility index (Phi) is 7.50. The largest absolute Gasteiger partial charge is 0.493 e. The monoisotopic (exact) mass is 434 g/mol. The molecule has 0 saturated heterocycles. The van der Waals surface area contributed by atoms with E-state index in [1.54, 1.807) is 18.2 Å². The van der Waals surface area contributed by atoms with Crippen molar-refractivity contribution in [2.75, 3.05) is 21.3 Å². The van der Waals surface area contributed by atoms with Crippen molar-refractivity contribution in [3.05, 3.63) is 53.1 Å². The van der Waals surface area contributed by atoms with Gasteiger partial charge in [-0.1, -0.05) is 19.9 Å². The SMILES string of the molecule is COC(=O)/C=C/c1cc(OC)c(OC)c(S(=O)(=O)Oc2cc(C)cc(C(C)C)c2)c1. The summed E-state index contributed by atoms with van der Waals surface area (Å²) in [6, 6.07) is 8.20. The minimum atomic E-state index is -4.27. The van der Waals surface area contributed by atoms with Gasteiger partial charge in [0.2, 0.25) is 0 Å². The first-order valence-corrected chi connectivity index (χ1v) is 10.6. The van der Waals surface area contributed by atoms with Crippen molar-refractivity contribution < 1.29 is 31.6 Å². The number of aryl methyl sites for hydroxylation is 1. The average molecular weight is 435 g/mol. The van der Waals surface area contributed by atoms with Crippen LogP contribution in [0, 0.1) is 6.92 Å². The van der Waals surface area contributed by atoms with Gasteiger partial charge in [-0.05, 0) is 59.9 Å². The van der Waals surface area contributed by atoms with Gasteiger partial charge in [0, 0.05) is 6.08 Å². The smallest absolute Gasteiger partial charge is 0.343 e. The molecule has 162 valence electrons. The van der Waals surface area contributed by atoms with Crippen molar-refractivity contribution in [3.63, 3.8) is 0 Å². The van der Waals surface area contributed by atoms with Gasteiger partial charge in [-0.2, -0.15) is 8.42 Å². The lowest BCUT2D eigenvalue weighted by Crippen LogP contribution is -2.12. The first-order valence-electron chi connectivity index (χ1n) is 9.19. The lowest BCUT2D eigenvalue weighted by atomic mass is 10.0. The van der Waals surface area contributed by atoms with Gasteiger partial charge in [0.1, 0.15) is 5.75 Å². The second kappa shape index (κ2) is 9.67. The van der Waals surface area contributed by atoms with E-state index in [4.69, 9.17) is 13.7 Å². The molecule has 2 rings (SSSR count).